The van der Waals surface area contributed by atoms with Crippen molar-refractivity contribution in [2.24, 2.45) is 0 Å². The Labute approximate surface area is 187 Å². The third-order valence-electron chi connectivity index (χ3n) is 5.03. The molecule has 1 amide bonds. The van der Waals surface area contributed by atoms with Gasteiger partial charge >= 0.3 is 0 Å². The molecule has 0 aliphatic carbocycles. The summed E-state index contributed by atoms with van der Waals surface area (Å²) >= 11 is 3.41. The summed E-state index contributed by atoms with van der Waals surface area (Å²) in [6, 6.07) is 16.6. The first kappa shape index (κ1) is 22.5. The maximum atomic E-state index is 12.6. The Kier molecular flexibility index (Phi) is 8.08. The van der Waals surface area contributed by atoms with Gasteiger partial charge in [-0.2, -0.15) is 0 Å². The van der Waals surface area contributed by atoms with Crippen LogP contribution >= 0.6 is 23.1 Å². The highest BCUT2D eigenvalue weighted by atomic mass is 32.2. The fourth-order valence-electron chi connectivity index (χ4n) is 2.95. The lowest BCUT2D eigenvalue weighted by molar-refractivity contribution is 0.0950. The standard InChI is InChI=1S/C24H29N3OS2/c1-17(2)27(4)14-21-8-6-5-7-20(21)13-25-24(28)19-9-11-23(12-10-19)30-16-22-15-29-18(3)26-22/h5-12,15,17H,13-14,16H2,1-4H3,(H,25,28). The van der Waals surface area contributed by atoms with Crippen LogP contribution in [-0.4, -0.2) is 28.9 Å². The monoisotopic (exact) mass is 439 g/mol. The van der Waals surface area contributed by atoms with Gasteiger partial charge in [0.1, 0.15) is 0 Å². The first-order valence-corrected chi connectivity index (χ1v) is 12.0. The molecule has 0 saturated heterocycles. The van der Waals surface area contributed by atoms with E-state index >= 15 is 0 Å². The quantitative estimate of drug-likeness (QED) is 0.446. The van der Waals surface area contributed by atoms with Gasteiger partial charge in [0.2, 0.25) is 0 Å². The lowest BCUT2D eigenvalue weighted by Crippen LogP contribution is -2.27. The smallest absolute Gasteiger partial charge is 0.251 e. The summed E-state index contributed by atoms with van der Waals surface area (Å²) in [7, 11) is 2.12. The maximum Gasteiger partial charge on any atom is 0.251 e. The second kappa shape index (κ2) is 10.8. The molecule has 1 N–H and O–H groups in total. The van der Waals surface area contributed by atoms with Gasteiger partial charge in [-0.1, -0.05) is 24.3 Å². The van der Waals surface area contributed by atoms with Crippen molar-refractivity contribution in [1.82, 2.24) is 15.2 Å². The molecule has 0 unspecified atom stereocenters. The van der Waals surface area contributed by atoms with Gasteiger partial charge in [0.05, 0.1) is 10.7 Å². The first-order valence-electron chi connectivity index (χ1n) is 10.1. The molecule has 0 bridgehead atoms. The van der Waals surface area contributed by atoms with Crippen LogP contribution in [0.25, 0.3) is 0 Å². The molecule has 158 valence electrons. The number of thioether (sulfide) groups is 1. The Bertz CT molecular complexity index is 967. The Morgan fingerprint density at radius 1 is 1.13 bits per heavy atom. The van der Waals surface area contributed by atoms with Gasteiger partial charge in [-0.05, 0) is 63.2 Å². The second-order valence-electron chi connectivity index (χ2n) is 7.63. The minimum atomic E-state index is -0.0475. The molecule has 0 atom stereocenters. The number of thiazole rings is 1. The molecule has 3 rings (SSSR count). The van der Waals surface area contributed by atoms with Gasteiger partial charge in [-0.25, -0.2) is 4.98 Å². The Balaban J connectivity index is 1.55. The lowest BCUT2D eigenvalue weighted by Gasteiger charge is -2.22. The molecule has 0 fully saturated rings. The molecule has 0 spiro atoms. The van der Waals surface area contributed by atoms with E-state index in [2.05, 4.69) is 59.7 Å². The van der Waals surface area contributed by atoms with Crippen molar-refractivity contribution < 1.29 is 4.79 Å². The predicted molar refractivity (Wildman–Crippen MR) is 127 cm³/mol. The number of nitrogens with one attached hydrogen (secondary N) is 1. The van der Waals surface area contributed by atoms with Crippen molar-refractivity contribution in [3.8, 4) is 0 Å². The maximum absolute atomic E-state index is 12.6. The van der Waals surface area contributed by atoms with Crippen LogP contribution in [0.2, 0.25) is 0 Å². The number of rotatable bonds is 9. The van der Waals surface area contributed by atoms with Crippen LogP contribution in [0.15, 0.2) is 58.8 Å². The molecule has 1 heterocycles. The third kappa shape index (κ3) is 6.42. The molecule has 2 aromatic carbocycles. The summed E-state index contributed by atoms with van der Waals surface area (Å²) < 4.78 is 0. The van der Waals surface area contributed by atoms with Crippen LogP contribution in [-0.2, 0) is 18.8 Å². The summed E-state index contributed by atoms with van der Waals surface area (Å²) in [4.78, 5) is 20.5. The van der Waals surface area contributed by atoms with E-state index in [0.717, 1.165) is 33.5 Å². The van der Waals surface area contributed by atoms with Crippen molar-refractivity contribution >= 4 is 29.0 Å². The number of hydrogen-bond acceptors (Lipinski definition) is 5. The number of benzene rings is 2. The summed E-state index contributed by atoms with van der Waals surface area (Å²) in [5.41, 5.74) is 4.19. The Hall–Kier alpha value is -2.15. The van der Waals surface area contributed by atoms with Crippen LogP contribution < -0.4 is 5.32 Å². The summed E-state index contributed by atoms with van der Waals surface area (Å²) in [6.07, 6.45) is 0. The lowest BCUT2D eigenvalue weighted by atomic mass is 10.1. The zero-order valence-electron chi connectivity index (χ0n) is 18.0. The number of hydrogen-bond donors (Lipinski definition) is 1. The molecule has 0 saturated carbocycles. The van der Waals surface area contributed by atoms with Gasteiger partial charge in [-0.3, -0.25) is 9.69 Å². The minimum absolute atomic E-state index is 0.0475. The Morgan fingerprint density at radius 2 is 1.83 bits per heavy atom. The van der Waals surface area contributed by atoms with Crippen molar-refractivity contribution in [1.29, 1.82) is 0 Å². The summed E-state index contributed by atoms with van der Waals surface area (Å²) in [6.45, 7) is 7.79. The summed E-state index contributed by atoms with van der Waals surface area (Å²) in [5.74, 6) is 0.797. The van der Waals surface area contributed by atoms with Crippen LogP contribution in [0.3, 0.4) is 0 Å². The van der Waals surface area contributed by atoms with Gasteiger partial charge < -0.3 is 5.32 Å². The van der Waals surface area contributed by atoms with E-state index in [1.807, 2.05) is 37.3 Å². The van der Waals surface area contributed by atoms with E-state index in [-0.39, 0.29) is 5.91 Å². The highest BCUT2D eigenvalue weighted by Gasteiger charge is 2.10. The average Bonchev–Trinajstić information content (AvgIpc) is 3.16. The van der Waals surface area contributed by atoms with Gasteiger partial charge in [-0.15, -0.1) is 23.1 Å². The minimum Gasteiger partial charge on any atom is -0.348 e. The largest absolute Gasteiger partial charge is 0.348 e. The van der Waals surface area contributed by atoms with Gasteiger partial charge in [0, 0.05) is 40.7 Å². The number of aryl methyl sites for hydroxylation is 1. The molecular formula is C24H29N3OS2. The number of carbonyl (C=O) groups excluding carboxylic acids is 1. The van der Waals surface area contributed by atoms with Crippen LogP contribution in [0.1, 0.15) is 46.0 Å². The fraction of sp³-hybridized carbons (Fsp3) is 0.333. The summed E-state index contributed by atoms with van der Waals surface area (Å²) in [5, 5.41) is 6.26. The van der Waals surface area contributed by atoms with Crippen molar-refractivity contribution in [3.05, 3.63) is 81.3 Å². The molecule has 6 heteroatoms. The normalized spacial score (nSPS) is 11.3. The molecule has 0 aliphatic heterocycles. The zero-order chi connectivity index (χ0) is 21.5. The average molecular weight is 440 g/mol. The first-order chi connectivity index (χ1) is 14.4. The predicted octanol–water partition coefficient (Wildman–Crippen LogP) is 5.51. The van der Waals surface area contributed by atoms with Crippen molar-refractivity contribution in [2.45, 2.75) is 50.6 Å². The third-order valence-corrected chi connectivity index (χ3v) is 6.90. The highest BCUT2D eigenvalue weighted by molar-refractivity contribution is 7.98. The zero-order valence-corrected chi connectivity index (χ0v) is 19.6. The van der Waals surface area contributed by atoms with E-state index < -0.39 is 0 Å². The van der Waals surface area contributed by atoms with Crippen molar-refractivity contribution in [2.75, 3.05) is 7.05 Å². The topological polar surface area (TPSA) is 45.2 Å². The van der Waals surface area contributed by atoms with Crippen molar-refractivity contribution in [3.63, 3.8) is 0 Å². The number of nitrogens with zero attached hydrogens (tertiary/aromatic N) is 2. The number of carbonyl (C=O) groups is 1. The number of aromatic nitrogens is 1. The van der Waals surface area contributed by atoms with E-state index in [1.54, 1.807) is 23.1 Å². The van der Waals surface area contributed by atoms with Gasteiger partial charge in [0.25, 0.3) is 5.91 Å². The molecule has 4 nitrogen and oxygen atoms in total. The molecule has 3 aromatic rings. The van der Waals surface area contributed by atoms with E-state index in [0.29, 0.717) is 18.2 Å². The molecular weight excluding hydrogens is 410 g/mol. The Morgan fingerprint density at radius 3 is 2.47 bits per heavy atom. The second-order valence-corrected chi connectivity index (χ2v) is 9.74. The van der Waals surface area contributed by atoms with E-state index in [1.165, 1.54) is 5.56 Å². The van der Waals surface area contributed by atoms with Gasteiger partial charge in [0.15, 0.2) is 0 Å². The van der Waals surface area contributed by atoms with Crippen LogP contribution in [0.4, 0.5) is 0 Å². The van der Waals surface area contributed by atoms with Crippen LogP contribution in [0, 0.1) is 6.92 Å². The molecule has 0 radical (unpaired) electrons. The highest BCUT2D eigenvalue weighted by Crippen LogP contribution is 2.24. The molecule has 0 aliphatic rings. The number of amides is 1. The molecule has 1 aromatic heterocycles. The van der Waals surface area contributed by atoms with Crippen LogP contribution in [0.5, 0.6) is 0 Å². The van der Waals surface area contributed by atoms with E-state index in [9.17, 15) is 4.79 Å². The van der Waals surface area contributed by atoms with E-state index in [4.69, 9.17) is 0 Å². The molecule has 30 heavy (non-hydrogen) atoms. The SMILES string of the molecule is Cc1nc(CSc2ccc(C(=O)NCc3ccccc3CN(C)C(C)C)cc2)cs1. The fourth-order valence-corrected chi connectivity index (χ4v) is 4.46.